The average Bonchev–Trinajstić information content (AvgIpc) is 3.13. The van der Waals surface area contributed by atoms with Crippen molar-refractivity contribution >= 4 is 17.7 Å². The number of hydrogen-bond donors (Lipinski definition) is 1. The van der Waals surface area contributed by atoms with Crippen LogP contribution in [-0.4, -0.2) is 48.9 Å². The molecule has 1 saturated heterocycles. The highest BCUT2D eigenvalue weighted by Gasteiger charge is 2.38. The van der Waals surface area contributed by atoms with E-state index in [1.54, 1.807) is 0 Å². The number of methoxy groups -OCH3 is 1. The van der Waals surface area contributed by atoms with E-state index in [-0.39, 0.29) is 5.97 Å². The van der Waals surface area contributed by atoms with Crippen LogP contribution in [0.4, 0.5) is 0 Å². The molecule has 2 fully saturated rings. The van der Waals surface area contributed by atoms with Crippen LogP contribution >= 0.6 is 11.8 Å². The highest BCUT2D eigenvalue weighted by Crippen LogP contribution is 2.26. The van der Waals surface area contributed by atoms with Crippen LogP contribution in [0, 0.1) is 0 Å². The molecular weight excluding hydrogens is 286 g/mol. The Bertz CT molecular complexity index is 329. The van der Waals surface area contributed by atoms with Crippen LogP contribution in [0.3, 0.4) is 0 Å². The van der Waals surface area contributed by atoms with Gasteiger partial charge in [-0.3, -0.25) is 10.1 Å². The van der Waals surface area contributed by atoms with Gasteiger partial charge in [-0.1, -0.05) is 6.42 Å². The van der Waals surface area contributed by atoms with Gasteiger partial charge < -0.3 is 9.47 Å². The largest absolute Gasteiger partial charge is 0.468 e. The molecule has 1 saturated carbocycles. The number of hydrogen-bond acceptors (Lipinski definition) is 5. The van der Waals surface area contributed by atoms with Crippen molar-refractivity contribution in [2.24, 2.45) is 0 Å². The summed E-state index contributed by atoms with van der Waals surface area (Å²) in [6.45, 7) is 2.92. The maximum absolute atomic E-state index is 12.0. The Morgan fingerprint density at radius 2 is 2.19 bits per heavy atom. The van der Waals surface area contributed by atoms with Gasteiger partial charge in [0, 0.05) is 18.4 Å². The van der Waals surface area contributed by atoms with Crippen LogP contribution in [0.15, 0.2) is 0 Å². The molecule has 1 N–H and O–H groups in total. The molecule has 1 aliphatic carbocycles. The highest BCUT2D eigenvalue weighted by molar-refractivity contribution is 7.99. The van der Waals surface area contributed by atoms with Gasteiger partial charge in [0.2, 0.25) is 0 Å². The molecule has 0 bridgehead atoms. The maximum atomic E-state index is 12.0. The van der Waals surface area contributed by atoms with E-state index in [2.05, 4.69) is 5.32 Å². The molecule has 5 heteroatoms. The zero-order chi connectivity index (χ0) is 15.1. The Balaban J connectivity index is 1.58. The molecule has 0 spiro atoms. The molecule has 1 heterocycles. The number of carbonyl (C=O) groups is 1. The maximum Gasteiger partial charge on any atom is 0.325 e. The number of ether oxygens (including phenoxy) is 2. The van der Waals surface area contributed by atoms with Gasteiger partial charge in [-0.2, -0.15) is 11.8 Å². The third-order valence-corrected chi connectivity index (χ3v) is 5.46. The first-order chi connectivity index (χ1) is 10.1. The second-order valence-corrected chi connectivity index (χ2v) is 7.56. The van der Waals surface area contributed by atoms with E-state index >= 15 is 0 Å². The van der Waals surface area contributed by atoms with Gasteiger partial charge in [-0.15, -0.1) is 0 Å². The van der Waals surface area contributed by atoms with Gasteiger partial charge in [0.25, 0.3) is 0 Å². The van der Waals surface area contributed by atoms with E-state index in [1.165, 1.54) is 32.8 Å². The van der Waals surface area contributed by atoms with Crippen molar-refractivity contribution < 1.29 is 14.3 Å². The summed E-state index contributed by atoms with van der Waals surface area (Å²) in [6.07, 6.45) is 8.35. The Labute approximate surface area is 132 Å². The van der Waals surface area contributed by atoms with E-state index in [9.17, 15) is 4.79 Å². The minimum Gasteiger partial charge on any atom is -0.468 e. The van der Waals surface area contributed by atoms with Crippen molar-refractivity contribution in [1.82, 2.24) is 5.32 Å². The summed E-state index contributed by atoms with van der Waals surface area (Å²) in [5, 5.41) is 3.45. The molecule has 0 aromatic heterocycles. The van der Waals surface area contributed by atoms with Gasteiger partial charge in [-0.25, -0.2) is 0 Å². The third-order valence-electron chi connectivity index (χ3n) is 4.28. The summed E-state index contributed by atoms with van der Waals surface area (Å²) in [5.74, 6) is 2.15. The topological polar surface area (TPSA) is 47.6 Å². The summed E-state index contributed by atoms with van der Waals surface area (Å²) in [6, 6.07) is 0.517. The Kier molecular flexibility index (Phi) is 6.83. The van der Waals surface area contributed by atoms with Crippen LogP contribution in [0.5, 0.6) is 0 Å². The van der Waals surface area contributed by atoms with Gasteiger partial charge in [0.05, 0.1) is 13.2 Å². The molecule has 2 rings (SSSR count). The molecule has 2 aliphatic rings. The fourth-order valence-electron chi connectivity index (χ4n) is 2.81. The zero-order valence-electron chi connectivity index (χ0n) is 13.4. The smallest absolute Gasteiger partial charge is 0.325 e. The van der Waals surface area contributed by atoms with E-state index in [0.717, 1.165) is 37.4 Å². The summed E-state index contributed by atoms with van der Waals surface area (Å²) in [4.78, 5) is 12.0. The van der Waals surface area contributed by atoms with E-state index in [0.29, 0.717) is 12.1 Å². The molecule has 122 valence electrons. The summed E-state index contributed by atoms with van der Waals surface area (Å²) in [7, 11) is 1.48. The van der Waals surface area contributed by atoms with Gasteiger partial charge >= 0.3 is 5.97 Å². The normalized spacial score (nSPS) is 24.8. The molecule has 1 aliphatic heterocycles. The van der Waals surface area contributed by atoms with E-state index in [4.69, 9.17) is 9.47 Å². The summed E-state index contributed by atoms with van der Waals surface area (Å²) < 4.78 is 10.6. The molecule has 0 aromatic rings. The Morgan fingerprint density at radius 1 is 1.38 bits per heavy atom. The lowest BCUT2D eigenvalue weighted by Crippen LogP contribution is -2.51. The standard InChI is InChI=1S/C16H29NO3S/c1-16(15(18)19-2,17-13-7-8-13)9-3-4-11-21-12-14-6-5-10-20-14/h13-14,17H,3-12H2,1-2H3. The Morgan fingerprint density at radius 3 is 2.81 bits per heavy atom. The molecule has 0 aromatic carbocycles. The summed E-state index contributed by atoms with van der Waals surface area (Å²) >= 11 is 1.98. The lowest BCUT2D eigenvalue weighted by atomic mass is 9.95. The van der Waals surface area contributed by atoms with Gasteiger partial charge in [0.1, 0.15) is 5.54 Å². The molecule has 4 nitrogen and oxygen atoms in total. The molecule has 2 atom stereocenters. The molecular formula is C16H29NO3S. The van der Waals surface area contributed by atoms with Crippen molar-refractivity contribution in [2.45, 2.75) is 69.6 Å². The second-order valence-electron chi connectivity index (χ2n) is 6.41. The first kappa shape index (κ1) is 17.1. The fraction of sp³-hybridized carbons (Fsp3) is 0.938. The van der Waals surface area contributed by atoms with Crippen LogP contribution in [0.1, 0.15) is 51.9 Å². The Hall–Kier alpha value is -0.260. The monoisotopic (exact) mass is 315 g/mol. The van der Waals surface area contributed by atoms with Crippen molar-refractivity contribution in [3.05, 3.63) is 0 Å². The number of carbonyl (C=O) groups excluding carboxylic acids is 1. The predicted octanol–water partition coefficient (Wildman–Crippen LogP) is 2.75. The second kappa shape index (κ2) is 8.39. The minimum absolute atomic E-state index is 0.124. The van der Waals surface area contributed by atoms with Crippen LogP contribution in [0.25, 0.3) is 0 Å². The van der Waals surface area contributed by atoms with Crippen molar-refractivity contribution in [3.63, 3.8) is 0 Å². The van der Waals surface area contributed by atoms with Gasteiger partial charge in [0.15, 0.2) is 0 Å². The van der Waals surface area contributed by atoms with Crippen LogP contribution < -0.4 is 5.32 Å². The molecule has 0 amide bonds. The minimum atomic E-state index is -0.505. The quantitative estimate of drug-likeness (QED) is 0.496. The fourth-order valence-corrected chi connectivity index (χ4v) is 3.91. The van der Waals surface area contributed by atoms with E-state index < -0.39 is 5.54 Å². The van der Waals surface area contributed by atoms with E-state index in [1.807, 2.05) is 18.7 Å². The highest BCUT2D eigenvalue weighted by atomic mass is 32.2. The number of nitrogens with one attached hydrogen (secondary N) is 1. The molecule has 2 unspecified atom stereocenters. The van der Waals surface area contributed by atoms with Crippen LogP contribution in [0.2, 0.25) is 0 Å². The van der Waals surface area contributed by atoms with Crippen molar-refractivity contribution in [2.75, 3.05) is 25.2 Å². The number of esters is 1. The predicted molar refractivity (Wildman–Crippen MR) is 86.7 cm³/mol. The summed E-state index contributed by atoms with van der Waals surface area (Å²) in [5.41, 5.74) is -0.505. The van der Waals surface area contributed by atoms with Crippen molar-refractivity contribution in [1.29, 1.82) is 0 Å². The molecule has 21 heavy (non-hydrogen) atoms. The van der Waals surface area contributed by atoms with Gasteiger partial charge in [-0.05, 0) is 51.2 Å². The number of rotatable bonds is 10. The SMILES string of the molecule is COC(=O)C(C)(CCCCSCC1CCCO1)NC1CC1. The zero-order valence-corrected chi connectivity index (χ0v) is 14.2. The number of unbranched alkanes of at least 4 members (excludes halogenated alkanes) is 1. The van der Waals surface area contributed by atoms with Crippen LogP contribution in [-0.2, 0) is 14.3 Å². The number of thioether (sulfide) groups is 1. The van der Waals surface area contributed by atoms with Crippen molar-refractivity contribution in [3.8, 4) is 0 Å². The third kappa shape index (κ3) is 5.80. The first-order valence-electron chi connectivity index (χ1n) is 8.19. The molecule has 0 radical (unpaired) electrons. The first-order valence-corrected chi connectivity index (χ1v) is 9.35. The lowest BCUT2D eigenvalue weighted by Gasteiger charge is -2.28. The average molecular weight is 315 g/mol. The lowest BCUT2D eigenvalue weighted by molar-refractivity contribution is -0.148.